The molecule has 0 aliphatic carbocycles. The Balaban J connectivity index is 1.37. The molecule has 6 amide bonds. The van der Waals surface area contributed by atoms with Crippen molar-refractivity contribution in [2.24, 2.45) is 0 Å². The number of nitrogens with one attached hydrogen (secondary N) is 3. The maximum atomic E-state index is 12.9. The van der Waals surface area contributed by atoms with Gasteiger partial charge in [-0.3, -0.25) is 34.2 Å². The summed E-state index contributed by atoms with van der Waals surface area (Å²) in [6.07, 6.45) is 0.119. The number of carbonyl (C=O) groups excluding carboxylic acids is 6. The number of nitrogens with zero attached hydrogens (tertiary/aromatic N) is 1. The number of urea groups is 1. The molecule has 2 aromatic carbocycles. The zero-order valence-corrected chi connectivity index (χ0v) is 19.6. The highest BCUT2D eigenvalue weighted by atomic mass is 16.5. The van der Waals surface area contributed by atoms with Gasteiger partial charge in [-0.15, -0.1) is 0 Å². The van der Waals surface area contributed by atoms with Crippen molar-refractivity contribution in [3.8, 4) is 0 Å². The second-order valence-electron chi connectivity index (χ2n) is 8.50. The number of benzene rings is 2. The van der Waals surface area contributed by atoms with Gasteiger partial charge in [-0.2, -0.15) is 0 Å². The minimum Gasteiger partial charge on any atom is -0.469 e. The number of anilines is 1. The first kappa shape index (κ1) is 24.6. The summed E-state index contributed by atoms with van der Waals surface area (Å²) >= 11 is 0. The number of carbonyl (C=O) groups is 6. The van der Waals surface area contributed by atoms with Gasteiger partial charge in [0.25, 0.3) is 11.8 Å². The van der Waals surface area contributed by atoms with Gasteiger partial charge in [0.1, 0.15) is 6.04 Å². The van der Waals surface area contributed by atoms with Crippen LogP contribution in [-0.2, 0) is 25.7 Å². The molecule has 2 atom stereocenters. The van der Waals surface area contributed by atoms with Crippen molar-refractivity contribution >= 4 is 41.3 Å². The smallest absolute Gasteiger partial charge is 0.319 e. The summed E-state index contributed by atoms with van der Waals surface area (Å²) in [5.41, 5.74) is 2.15. The minimum atomic E-state index is -1.04. The van der Waals surface area contributed by atoms with Crippen molar-refractivity contribution in [2.45, 2.75) is 38.3 Å². The number of hydrogen-bond acceptors (Lipinski definition) is 7. The quantitative estimate of drug-likeness (QED) is 0.410. The highest BCUT2D eigenvalue weighted by Crippen LogP contribution is 2.28. The number of rotatable bonds is 6. The van der Waals surface area contributed by atoms with Crippen molar-refractivity contribution < 1.29 is 33.5 Å². The summed E-state index contributed by atoms with van der Waals surface area (Å²) in [6.45, 7) is 1.80. The molecule has 11 nitrogen and oxygen atoms in total. The molecule has 2 unspecified atom stereocenters. The van der Waals surface area contributed by atoms with Crippen molar-refractivity contribution in [1.82, 2.24) is 15.5 Å². The maximum Gasteiger partial charge on any atom is 0.319 e. The molecule has 2 aromatic rings. The van der Waals surface area contributed by atoms with Gasteiger partial charge in [-0.05, 0) is 48.7 Å². The number of methoxy groups -OCH3 is 1. The Labute approximate surface area is 206 Å². The van der Waals surface area contributed by atoms with Crippen molar-refractivity contribution in [2.75, 3.05) is 12.4 Å². The number of esters is 1. The first-order valence-electron chi connectivity index (χ1n) is 11.3. The van der Waals surface area contributed by atoms with Gasteiger partial charge < -0.3 is 15.4 Å². The van der Waals surface area contributed by atoms with Crippen molar-refractivity contribution in [3.05, 3.63) is 64.7 Å². The van der Waals surface area contributed by atoms with E-state index in [2.05, 4.69) is 16.0 Å². The van der Waals surface area contributed by atoms with Crippen LogP contribution in [0.2, 0.25) is 0 Å². The van der Waals surface area contributed by atoms with Gasteiger partial charge in [0.2, 0.25) is 11.8 Å². The maximum absolute atomic E-state index is 12.9. The van der Waals surface area contributed by atoms with Crippen LogP contribution in [0.3, 0.4) is 0 Å². The average Bonchev–Trinajstić information content (AvgIpc) is 3.11. The molecular formula is C25H24N4O7. The van der Waals surface area contributed by atoms with E-state index in [4.69, 9.17) is 4.74 Å². The van der Waals surface area contributed by atoms with E-state index in [1.165, 1.54) is 19.2 Å². The van der Waals surface area contributed by atoms with Crippen molar-refractivity contribution in [3.63, 3.8) is 0 Å². The molecule has 0 bridgehead atoms. The number of ether oxygens (including phenoxy) is 1. The second kappa shape index (κ2) is 9.98. The van der Waals surface area contributed by atoms with E-state index in [9.17, 15) is 28.8 Å². The third-order valence-corrected chi connectivity index (χ3v) is 6.18. The molecule has 186 valence electrons. The molecular weight excluding hydrogens is 468 g/mol. The van der Waals surface area contributed by atoms with Gasteiger partial charge in [0, 0.05) is 18.7 Å². The molecule has 2 aliphatic rings. The molecule has 3 N–H and O–H groups in total. The molecule has 36 heavy (non-hydrogen) atoms. The first-order chi connectivity index (χ1) is 17.2. The number of hydrogen-bond donors (Lipinski definition) is 3. The normalized spacial score (nSPS) is 17.8. The van der Waals surface area contributed by atoms with Crippen LogP contribution in [0.5, 0.6) is 0 Å². The highest BCUT2D eigenvalue weighted by Gasteiger charge is 2.44. The second-order valence-corrected chi connectivity index (χ2v) is 8.50. The van der Waals surface area contributed by atoms with Gasteiger partial charge in [-0.1, -0.05) is 18.2 Å². The molecule has 0 spiro atoms. The van der Waals surface area contributed by atoms with Crippen LogP contribution < -0.4 is 16.0 Å². The Morgan fingerprint density at radius 3 is 2.42 bits per heavy atom. The number of piperidine rings is 1. The molecule has 4 rings (SSSR count). The van der Waals surface area contributed by atoms with E-state index in [1.54, 1.807) is 37.3 Å². The van der Waals surface area contributed by atoms with Gasteiger partial charge in [0.05, 0.1) is 24.2 Å². The number of amides is 6. The summed E-state index contributed by atoms with van der Waals surface area (Å²) in [5, 5.41) is 7.52. The van der Waals surface area contributed by atoms with Crippen LogP contribution in [0, 0.1) is 0 Å². The lowest BCUT2D eigenvalue weighted by Gasteiger charge is -2.27. The summed E-state index contributed by atoms with van der Waals surface area (Å²) in [6, 6.07) is 9.84. The SMILES string of the molecule is COC(=O)C(C)c1ccc(NC(=O)NCc2ccc3c(c2)C(=O)N(C2CCC(=O)NC2=O)C3=O)cc1. The number of imide groups is 2. The van der Waals surface area contributed by atoms with Gasteiger partial charge in [0.15, 0.2) is 0 Å². The van der Waals surface area contributed by atoms with E-state index in [0.717, 1.165) is 10.5 Å². The molecule has 0 saturated carbocycles. The van der Waals surface area contributed by atoms with E-state index >= 15 is 0 Å². The van der Waals surface area contributed by atoms with Crippen LogP contribution in [-0.4, -0.2) is 53.7 Å². The van der Waals surface area contributed by atoms with Crippen molar-refractivity contribution in [1.29, 1.82) is 0 Å². The Kier molecular flexibility index (Phi) is 6.82. The van der Waals surface area contributed by atoms with E-state index in [1.807, 2.05) is 0 Å². The molecule has 0 aromatic heterocycles. The minimum absolute atomic E-state index is 0.0428. The lowest BCUT2D eigenvalue weighted by molar-refractivity contribution is -0.142. The summed E-state index contributed by atoms with van der Waals surface area (Å²) in [5.74, 6) is -3.11. The monoisotopic (exact) mass is 492 g/mol. The average molecular weight is 492 g/mol. The van der Waals surface area contributed by atoms with E-state index < -0.39 is 41.6 Å². The third kappa shape index (κ3) is 4.81. The summed E-state index contributed by atoms with van der Waals surface area (Å²) in [4.78, 5) is 74.1. The Hall–Kier alpha value is -4.54. The predicted octanol–water partition coefficient (Wildman–Crippen LogP) is 1.69. The Bertz CT molecular complexity index is 1270. The van der Waals surface area contributed by atoms with E-state index in [-0.39, 0.29) is 36.5 Å². The van der Waals surface area contributed by atoms with Gasteiger partial charge in [-0.25, -0.2) is 4.79 Å². The fraction of sp³-hybridized carbons (Fsp3) is 0.280. The number of fused-ring (bicyclic) bond motifs is 1. The first-order valence-corrected chi connectivity index (χ1v) is 11.3. The Morgan fingerprint density at radius 1 is 1.06 bits per heavy atom. The largest absolute Gasteiger partial charge is 0.469 e. The molecule has 2 heterocycles. The van der Waals surface area contributed by atoms with E-state index in [0.29, 0.717) is 11.3 Å². The fourth-order valence-corrected chi connectivity index (χ4v) is 4.15. The standard InChI is InChI=1S/C25H24N4O7/c1-13(24(34)36-2)15-4-6-16(7-5-15)27-25(35)26-12-14-3-8-17-18(11-14)23(33)29(22(17)32)19-9-10-20(30)28-21(19)31/h3-8,11,13,19H,9-10,12H2,1-2H3,(H2,26,27,35)(H,28,30,31). The fourth-order valence-electron chi connectivity index (χ4n) is 4.15. The van der Waals surface area contributed by atoms with Crippen LogP contribution in [0.15, 0.2) is 42.5 Å². The zero-order valence-electron chi connectivity index (χ0n) is 19.6. The molecule has 1 saturated heterocycles. The molecule has 2 aliphatic heterocycles. The summed E-state index contributed by atoms with van der Waals surface area (Å²) in [7, 11) is 1.32. The summed E-state index contributed by atoms with van der Waals surface area (Å²) < 4.78 is 4.73. The van der Waals surface area contributed by atoms with Crippen LogP contribution in [0.25, 0.3) is 0 Å². The third-order valence-electron chi connectivity index (χ3n) is 6.18. The Morgan fingerprint density at radius 2 is 1.75 bits per heavy atom. The topological polar surface area (TPSA) is 151 Å². The predicted molar refractivity (Wildman–Crippen MR) is 126 cm³/mol. The van der Waals surface area contributed by atoms with Crippen LogP contribution in [0.4, 0.5) is 10.5 Å². The molecule has 0 radical (unpaired) electrons. The van der Waals surface area contributed by atoms with Gasteiger partial charge >= 0.3 is 12.0 Å². The van der Waals surface area contributed by atoms with Crippen LogP contribution in [0.1, 0.15) is 57.5 Å². The lowest BCUT2D eigenvalue weighted by atomic mass is 10.0. The zero-order chi connectivity index (χ0) is 26.0. The van der Waals surface area contributed by atoms with Crippen LogP contribution >= 0.6 is 0 Å². The molecule has 11 heteroatoms. The lowest BCUT2D eigenvalue weighted by Crippen LogP contribution is -2.54. The highest BCUT2D eigenvalue weighted by molar-refractivity contribution is 6.23. The molecule has 1 fully saturated rings.